The summed E-state index contributed by atoms with van der Waals surface area (Å²) in [5.74, 6) is 0.593. The minimum atomic E-state index is 0.0300. The monoisotopic (exact) mass is 388 g/mol. The van der Waals surface area contributed by atoms with E-state index in [2.05, 4.69) is 15.1 Å². The molecule has 7 heteroatoms. The maximum atomic E-state index is 12.7. The number of fused-ring (bicyclic) bond motifs is 2. The molecule has 1 amide bonds. The van der Waals surface area contributed by atoms with E-state index in [9.17, 15) is 4.79 Å². The topological polar surface area (TPSA) is 81.4 Å². The summed E-state index contributed by atoms with van der Waals surface area (Å²) in [6.07, 6.45) is 3.47. The lowest BCUT2D eigenvalue weighted by Gasteiger charge is -2.31. The third-order valence-electron chi connectivity index (χ3n) is 5.28. The van der Waals surface area contributed by atoms with Crippen molar-refractivity contribution in [3.63, 3.8) is 0 Å². The van der Waals surface area contributed by atoms with Crippen LogP contribution in [0.4, 0.5) is 0 Å². The van der Waals surface area contributed by atoms with Gasteiger partial charge in [0.2, 0.25) is 11.8 Å². The lowest BCUT2D eigenvalue weighted by Crippen LogP contribution is -2.42. The van der Waals surface area contributed by atoms with Crippen LogP contribution in [0.15, 0.2) is 59.3 Å². The van der Waals surface area contributed by atoms with Crippen molar-refractivity contribution in [3.05, 3.63) is 60.4 Å². The summed E-state index contributed by atoms with van der Waals surface area (Å²) < 4.78 is 11.3. The van der Waals surface area contributed by atoms with E-state index in [0.29, 0.717) is 30.2 Å². The Morgan fingerprint density at radius 1 is 1.07 bits per heavy atom. The zero-order chi connectivity index (χ0) is 19.6. The molecule has 1 aliphatic rings. The number of carbonyl (C=O) groups is 1. The molecular weight excluding hydrogens is 368 g/mol. The maximum Gasteiger partial charge on any atom is 0.233 e. The highest BCUT2D eigenvalue weighted by Crippen LogP contribution is 2.22. The van der Waals surface area contributed by atoms with Crippen LogP contribution in [-0.2, 0) is 11.2 Å². The van der Waals surface area contributed by atoms with Crippen molar-refractivity contribution in [2.75, 3.05) is 13.1 Å². The maximum absolute atomic E-state index is 12.7. The van der Waals surface area contributed by atoms with E-state index in [0.717, 1.165) is 29.3 Å². The minimum absolute atomic E-state index is 0.0300. The van der Waals surface area contributed by atoms with Crippen molar-refractivity contribution in [1.29, 1.82) is 0 Å². The highest BCUT2D eigenvalue weighted by molar-refractivity contribution is 5.86. The number of aromatic nitrogens is 3. The fraction of sp³-hybridized carbons (Fsp3) is 0.273. The van der Waals surface area contributed by atoms with Gasteiger partial charge in [-0.25, -0.2) is 9.97 Å². The molecule has 1 fully saturated rings. The van der Waals surface area contributed by atoms with E-state index >= 15 is 0 Å². The molecule has 7 nitrogen and oxygen atoms in total. The fourth-order valence-corrected chi connectivity index (χ4v) is 3.71. The van der Waals surface area contributed by atoms with Gasteiger partial charge in [-0.15, -0.1) is 0 Å². The second-order valence-electron chi connectivity index (χ2n) is 7.20. The number of piperidine rings is 1. The van der Waals surface area contributed by atoms with Gasteiger partial charge in [0.25, 0.3) is 0 Å². The smallest absolute Gasteiger partial charge is 0.233 e. The van der Waals surface area contributed by atoms with Crippen LogP contribution in [0.5, 0.6) is 5.88 Å². The van der Waals surface area contributed by atoms with Gasteiger partial charge >= 0.3 is 0 Å². The number of carbonyl (C=O) groups excluding carboxylic acids is 1. The molecule has 29 heavy (non-hydrogen) atoms. The number of hydrogen-bond donors (Lipinski definition) is 0. The van der Waals surface area contributed by atoms with E-state index in [1.807, 2.05) is 53.4 Å². The van der Waals surface area contributed by atoms with Gasteiger partial charge in [-0.1, -0.05) is 29.4 Å². The molecule has 4 aromatic rings. The Morgan fingerprint density at radius 3 is 2.69 bits per heavy atom. The van der Waals surface area contributed by atoms with Crippen molar-refractivity contribution >= 4 is 27.9 Å². The summed E-state index contributed by atoms with van der Waals surface area (Å²) in [5, 5.41) is 4.96. The largest absolute Gasteiger partial charge is 0.473 e. The number of ether oxygens (including phenoxy) is 1. The number of para-hydroxylation sites is 3. The van der Waals surface area contributed by atoms with Crippen LogP contribution in [0.2, 0.25) is 0 Å². The Kier molecular flexibility index (Phi) is 4.56. The molecule has 0 saturated carbocycles. The summed E-state index contributed by atoms with van der Waals surface area (Å²) in [7, 11) is 0. The van der Waals surface area contributed by atoms with Gasteiger partial charge in [-0.3, -0.25) is 4.79 Å². The summed E-state index contributed by atoms with van der Waals surface area (Å²) in [6, 6.07) is 15.3. The first-order valence-corrected chi connectivity index (χ1v) is 9.76. The molecule has 1 saturated heterocycles. The highest BCUT2D eigenvalue weighted by Gasteiger charge is 2.25. The van der Waals surface area contributed by atoms with Crippen LogP contribution in [-0.4, -0.2) is 45.1 Å². The molecule has 0 N–H and O–H groups in total. The molecule has 5 rings (SSSR count). The van der Waals surface area contributed by atoms with E-state index in [1.54, 1.807) is 6.20 Å². The van der Waals surface area contributed by atoms with Gasteiger partial charge in [0.15, 0.2) is 5.58 Å². The van der Waals surface area contributed by atoms with E-state index < -0.39 is 0 Å². The molecule has 0 radical (unpaired) electrons. The van der Waals surface area contributed by atoms with Crippen molar-refractivity contribution in [2.24, 2.45) is 0 Å². The Morgan fingerprint density at radius 2 is 1.83 bits per heavy atom. The zero-order valence-electron chi connectivity index (χ0n) is 15.8. The highest BCUT2D eigenvalue weighted by atomic mass is 16.5. The molecule has 2 aromatic carbocycles. The molecule has 3 heterocycles. The first kappa shape index (κ1) is 17.6. The van der Waals surface area contributed by atoms with Gasteiger partial charge in [-0.05, 0) is 24.3 Å². The Bertz CT molecular complexity index is 1160. The van der Waals surface area contributed by atoms with Crippen LogP contribution < -0.4 is 4.74 Å². The third-order valence-corrected chi connectivity index (χ3v) is 5.28. The average molecular weight is 388 g/mol. The summed E-state index contributed by atoms with van der Waals surface area (Å²) in [5.41, 5.74) is 3.06. The van der Waals surface area contributed by atoms with Gasteiger partial charge in [0.05, 0.1) is 23.7 Å². The van der Waals surface area contributed by atoms with E-state index in [-0.39, 0.29) is 18.4 Å². The molecule has 0 bridgehead atoms. The Balaban J connectivity index is 1.19. The molecular formula is C22H20N4O3. The quantitative estimate of drug-likeness (QED) is 0.533. The number of rotatable bonds is 4. The van der Waals surface area contributed by atoms with Crippen LogP contribution in [0.1, 0.15) is 18.5 Å². The van der Waals surface area contributed by atoms with Crippen LogP contribution >= 0.6 is 0 Å². The predicted molar refractivity (Wildman–Crippen MR) is 107 cm³/mol. The second kappa shape index (κ2) is 7.50. The number of nitrogens with zero attached hydrogens (tertiary/aromatic N) is 4. The molecule has 0 aliphatic carbocycles. The average Bonchev–Trinajstić information content (AvgIpc) is 3.17. The molecule has 0 unspecified atom stereocenters. The van der Waals surface area contributed by atoms with Crippen LogP contribution in [0.3, 0.4) is 0 Å². The van der Waals surface area contributed by atoms with Crippen molar-refractivity contribution in [2.45, 2.75) is 25.4 Å². The van der Waals surface area contributed by atoms with Gasteiger partial charge in [0.1, 0.15) is 11.8 Å². The first-order chi connectivity index (χ1) is 14.3. The van der Waals surface area contributed by atoms with Crippen molar-refractivity contribution in [1.82, 2.24) is 20.0 Å². The Labute approximate surface area is 167 Å². The third kappa shape index (κ3) is 3.63. The molecule has 146 valence electrons. The zero-order valence-corrected chi connectivity index (χ0v) is 15.8. The molecule has 0 atom stereocenters. The number of likely N-dealkylation sites (tertiary alicyclic amines) is 1. The van der Waals surface area contributed by atoms with Gasteiger partial charge < -0.3 is 14.2 Å². The van der Waals surface area contributed by atoms with Crippen LogP contribution in [0, 0.1) is 0 Å². The van der Waals surface area contributed by atoms with Gasteiger partial charge in [-0.2, -0.15) is 0 Å². The van der Waals surface area contributed by atoms with E-state index in [1.165, 1.54) is 0 Å². The number of benzene rings is 2. The first-order valence-electron chi connectivity index (χ1n) is 9.76. The summed E-state index contributed by atoms with van der Waals surface area (Å²) in [6.45, 7) is 1.31. The lowest BCUT2D eigenvalue weighted by molar-refractivity contribution is -0.132. The summed E-state index contributed by atoms with van der Waals surface area (Å²) in [4.78, 5) is 23.5. The van der Waals surface area contributed by atoms with Crippen molar-refractivity contribution in [3.8, 4) is 5.88 Å². The van der Waals surface area contributed by atoms with E-state index in [4.69, 9.17) is 9.26 Å². The summed E-state index contributed by atoms with van der Waals surface area (Å²) >= 11 is 0. The number of hydrogen-bond acceptors (Lipinski definition) is 6. The second-order valence-corrected chi connectivity index (χ2v) is 7.20. The fourth-order valence-electron chi connectivity index (χ4n) is 3.71. The molecule has 0 spiro atoms. The number of amides is 1. The minimum Gasteiger partial charge on any atom is -0.473 e. The Hall–Kier alpha value is -3.48. The molecule has 2 aromatic heterocycles. The normalized spacial score (nSPS) is 15.1. The standard InChI is InChI=1S/C22H20N4O3/c27-22(13-19-16-5-1-4-8-20(16)29-25-19)26-11-9-15(10-12-26)28-21-14-23-17-6-2-3-7-18(17)24-21/h1-8,14-15H,9-13H2. The molecule has 1 aliphatic heterocycles. The predicted octanol–water partition coefficient (Wildman–Crippen LogP) is 3.38. The van der Waals surface area contributed by atoms with Crippen LogP contribution in [0.25, 0.3) is 22.0 Å². The lowest BCUT2D eigenvalue weighted by atomic mass is 10.1. The SMILES string of the molecule is O=C(Cc1noc2ccccc12)N1CCC(Oc2cnc3ccccc3n2)CC1. The van der Waals surface area contributed by atoms with Crippen molar-refractivity contribution < 1.29 is 14.1 Å². The van der Waals surface area contributed by atoms with Gasteiger partial charge in [0, 0.05) is 31.3 Å².